The first-order chi connectivity index (χ1) is 5.62. The topological polar surface area (TPSA) is 24.7 Å². The van der Waals surface area contributed by atoms with Gasteiger partial charge in [-0.2, -0.15) is 10.2 Å². The normalized spacial score (nSPS) is 11.7. The summed E-state index contributed by atoms with van der Waals surface area (Å²) in [5.41, 5.74) is 0.258. The number of hydrogen-bond donors (Lipinski definition) is 0. The fourth-order valence-corrected chi connectivity index (χ4v) is 0.420. The Balaban J connectivity index is 0. The minimum absolute atomic E-state index is 0.258. The molecule has 0 aromatic rings. The molecule has 12 heavy (non-hydrogen) atoms. The number of rotatable bonds is 3. The van der Waals surface area contributed by atoms with Crippen LogP contribution in [0.25, 0.3) is 0 Å². The lowest BCUT2D eigenvalue weighted by Gasteiger charge is -2.15. The van der Waals surface area contributed by atoms with Gasteiger partial charge in [0.25, 0.3) is 0 Å². The van der Waals surface area contributed by atoms with Crippen molar-refractivity contribution in [3.8, 4) is 0 Å². The lowest BCUT2D eigenvalue weighted by Crippen LogP contribution is -2.03. The summed E-state index contributed by atoms with van der Waals surface area (Å²) in [6, 6.07) is 0. The second-order valence-corrected chi connectivity index (χ2v) is 2.97. The second-order valence-electron chi connectivity index (χ2n) is 2.97. The molecule has 0 rings (SSSR count). The summed E-state index contributed by atoms with van der Waals surface area (Å²) in [4.78, 5) is 0. The first kappa shape index (κ1) is 13.7. The predicted octanol–water partition coefficient (Wildman–Crippen LogP) is 3.82. The van der Waals surface area contributed by atoms with Gasteiger partial charge in [0.05, 0.1) is 0 Å². The highest BCUT2D eigenvalue weighted by Gasteiger charge is 2.08. The van der Waals surface area contributed by atoms with E-state index in [9.17, 15) is 0 Å². The molecule has 0 saturated heterocycles. The van der Waals surface area contributed by atoms with E-state index in [1.165, 1.54) is 0 Å². The van der Waals surface area contributed by atoms with Crippen molar-refractivity contribution < 1.29 is 0 Å². The van der Waals surface area contributed by atoms with E-state index >= 15 is 0 Å². The van der Waals surface area contributed by atoms with E-state index in [-0.39, 0.29) is 5.41 Å². The van der Waals surface area contributed by atoms with Gasteiger partial charge in [-0.25, -0.2) is 0 Å². The molecule has 0 radical (unpaired) electrons. The van der Waals surface area contributed by atoms with Crippen molar-refractivity contribution in [2.75, 3.05) is 7.05 Å². The van der Waals surface area contributed by atoms with Crippen LogP contribution in [0.4, 0.5) is 0 Å². The summed E-state index contributed by atoms with van der Waals surface area (Å²) in [6.45, 7) is 12.5. The van der Waals surface area contributed by atoms with Crippen LogP contribution in [0.3, 0.4) is 0 Å². The van der Waals surface area contributed by atoms with Gasteiger partial charge in [-0.15, -0.1) is 13.2 Å². The van der Waals surface area contributed by atoms with Crippen LogP contribution in [0.5, 0.6) is 0 Å². The zero-order valence-corrected chi connectivity index (χ0v) is 8.67. The Morgan fingerprint density at radius 2 is 1.83 bits per heavy atom. The van der Waals surface area contributed by atoms with Crippen LogP contribution in [0.1, 0.15) is 27.2 Å². The van der Waals surface area contributed by atoms with Crippen molar-refractivity contribution in [2.45, 2.75) is 27.2 Å². The Hall–Kier alpha value is -0.920. The highest BCUT2D eigenvalue weighted by molar-refractivity contribution is 4.92. The smallest absolute Gasteiger partial charge is 0.0491 e. The molecular weight excluding hydrogens is 148 g/mol. The van der Waals surface area contributed by atoms with Gasteiger partial charge in [-0.05, 0) is 11.8 Å². The van der Waals surface area contributed by atoms with Crippen LogP contribution in [-0.4, -0.2) is 7.05 Å². The molecule has 0 aliphatic heterocycles. The van der Waals surface area contributed by atoms with Crippen molar-refractivity contribution in [2.24, 2.45) is 15.6 Å². The average Bonchev–Trinajstić information content (AvgIpc) is 2.09. The SMILES string of the molecule is C=C.CCC(C)(C)/C=C\N=NC. The van der Waals surface area contributed by atoms with Crippen LogP contribution in [-0.2, 0) is 0 Å². The molecule has 0 aromatic carbocycles. The largest absolute Gasteiger partial charge is 0.193 e. The number of hydrogen-bond acceptors (Lipinski definition) is 2. The fourth-order valence-electron chi connectivity index (χ4n) is 0.420. The minimum Gasteiger partial charge on any atom is -0.193 e. The summed E-state index contributed by atoms with van der Waals surface area (Å²) in [6.07, 6.45) is 4.95. The third kappa shape index (κ3) is 9.08. The molecule has 0 aliphatic rings. The lowest BCUT2D eigenvalue weighted by molar-refractivity contribution is 0.461. The first-order valence-electron chi connectivity index (χ1n) is 4.09. The third-order valence-electron chi connectivity index (χ3n) is 1.62. The van der Waals surface area contributed by atoms with Crippen LogP contribution < -0.4 is 0 Å². The van der Waals surface area contributed by atoms with Crippen LogP contribution in [0.2, 0.25) is 0 Å². The van der Waals surface area contributed by atoms with E-state index in [2.05, 4.69) is 50.2 Å². The lowest BCUT2D eigenvalue weighted by atomic mass is 9.91. The fraction of sp³-hybridized carbons (Fsp3) is 0.600. The molecule has 0 atom stereocenters. The molecule has 2 heteroatoms. The van der Waals surface area contributed by atoms with Crippen molar-refractivity contribution in [3.05, 3.63) is 25.4 Å². The minimum atomic E-state index is 0.258. The molecule has 0 unspecified atom stereocenters. The van der Waals surface area contributed by atoms with Gasteiger partial charge in [-0.1, -0.05) is 26.8 Å². The molecule has 0 aliphatic carbocycles. The summed E-state index contributed by atoms with van der Waals surface area (Å²) in [5, 5.41) is 7.36. The highest BCUT2D eigenvalue weighted by Crippen LogP contribution is 2.20. The van der Waals surface area contributed by atoms with Gasteiger partial charge in [-0.3, -0.25) is 0 Å². The molecule has 0 bridgehead atoms. The Morgan fingerprint density at radius 1 is 1.33 bits per heavy atom. The standard InChI is InChI=1S/C8H16N2.C2H4/c1-5-8(2,3)6-7-10-9-4;1-2/h6-7H,5H2,1-4H3;1-2H2/b7-6-,10-9?;. The molecule has 2 nitrogen and oxygen atoms in total. The zero-order chi connectivity index (χ0) is 10.0. The zero-order valence-electron chi connectivity index (χ0n) is 8.67. The van der Waals surface area contributed by atoms with Crippen molar-refractivity contribution in [1.29, 1.82) is 0 Å². The maximum Gasteiger partial charge on any atom is 0.0491 e. The molecule has 0 fully saturated rings. The molecule has 0 spiro atoms. The maximum atomic E-state index is 3.75. The van der Waals surface area contributed by atoms with Crippen LogP contribution in [0.15, 0.2) is 35.7 Å². The quantitative estimate of drug-likeness (QED) is 0.452. The van der Waals surface area contributed by atoms with E-state index in [1.54, 1.807) is 13.2 Å². The summed E-state index contributed by atoms with van der Waals surface area (Å²) >= 11 is 0. The average molecular weight is 168 g/mol. The molecule has 0 saturated carbocycles. The molecule has 70 valence electrons. The molecular formula is C10H20N2. The maximum absolute atomic E-state index is 3.75. The second kappa shape index (κ2) is 8.18. The highest BCUT2D eigenvalue weighted by atomic mass is 15.1. The molecule has 0 aromatic heterocycles. The van der Waals surface area contributed by atoms with Crippen LogP contribution >= 0.6 is 0 Å². The van der Waals surface area contributed by atoms with E-state index < -0.39 is 0 Å². The van der Waals surface area contributed by atoms with Gasteiger partial charge < -0.3 is 0 Å². The monoisotopic (exact) mass is 168 g/mol. The Bertz CT molecular complexity index is 146. The predicted molar refractivity (Wildman–Crippen MR) is 55.2 cm³/mol. The van der Waals surface area contributed by atoms with Crippen molar-refractivity contribution >= 4 is 0 Å². The van der Waals surface area contributed by atoms with Crippen LogP contribution in [0, 0.1) is 5.41 Å². The number of azo groups is 1. The van der Waals surface area contributed by atoms with E-state index in [1.807, 2.05) is 0 Å². The molecule has 0 amide bonds. The van der Waals surface area contributed by atoms with E-state index in [0.29, 0.717) is 0 Å². The summed E-state index contributed by atoms with van der Waals surface area (Å²) < 4.78 is 0. The Labute approximate surface area is 76.1 Å². The molecule has 0 N–H and O–H groups in total. The number of allylic oxidation sites excluding steroid dienone is 1. The van der Waals surface area contributed by atoms with Gasteiger partial charge in [0.1, 0.15) is 0 Å². The van der Waals surface area contributed by atoms with E-state index in [4.69, 9.17) is 0 Å². The first-order valence-corrected chi connectivity index (χ1v) is 4.09. The Morgan fingerprint density at radius 3 is 2.17 bits per heavy atom. The van der Waals surface area contributed by atoms with Gasteiger partial charge in [0.15, 0.2) is 0 Å². The van der Waals surface area contributed by atoms with Gasteiger partial charge in [0, 0.05) is 13.2 Å². The van der Waals surface area contributed by atoms with Crippen molar-refractivity contribution in [1.82, 2.24) is 0 Å². The summed E-state index contributed by atoms with van der Waals surface area (Å²) in [5.74, 6) is 0. The summed E-state index contributed by atoms with van der Waals surface area (Å²) in [7, 11) is 1.67. The molecule has 0 heterocycles. The number of nitrogens with zero attached hydrogens (tertiary/aromatic N) is 2. The Kier molecular flexibility index (Phi) is 9.31. The van der Waals surface area contributed by atoms with Gasteiger partial charge in [0.2, 0.25) is 0 Å². The van der Waals surface area contributed by atoms with Crippen molar-refractivity contribution in [3.63, 3.8) is 0 Å². The third-order valence-corrected chi connectivity index (χ3v) is 1.62. The van der Waals surface area contributed by atoms with E-state index in [0.717, 1.165) is 6.42 Å². The van der Waals surface area contributed by atoms with Gasteiger partial charge >= 0.3 is 0 Å².